The highest BCUT2D eigenvalue weighted by Crippen LogP contribution is 2.36. The first-order valence-electron chi connectivity index (χ1n) is 9.78. The molecule has 5 rings (SSSR count). The van der Waals surface area contributed by atoms with Gasteiger partial charge in [0, 0.05) is 32.0 Å². The van der Waals surface area contributed by atoms with Crippen LogP contribution in [0.15, 0.2) is 30.6 Å². The van der Waals surface area contributed by atoms with Crippen LogP contribution in [0.4, 0.5) is 5.69 Å². The molecule has 0 aliphatic carbocycles. The van der Waals surface area contributed by atoms with Crippen molar-refractivity contribution in [2.24, 2.45) is 7.05 Å². The van der Waals surface area contributed by atoms with Gasteiger partial charge in [0.2, 0.25) is 0 Å². The van der Waals surface area contributed by atoms with E-state index in [2.05, 4.69) is 39.3 Å². The van der Waals surface area contributed by atoms with Crippen LogP contribution in [-0.2, 0) is 18.3 Å². The second-order valence-corrected chi connectivity index (χ2v) is 7.32. The van der Waals surface area contributed by atoms with E-state index in [4.69, 9.17) is 20.1 Å². The third-order valence-electron chi connectivity index (χ3n) is 5.40. The summed E-state index contributed by atoms with van der Waals surface area (Å²) >= 11 is 0. The van der Waals surface area contributed by atoms with E-state index in [0.29, 0.717) is 13.2 Å². The van der Waals surface area contributed by atoms with Crippen LogP contribution in [0.5, 0.6) is 0 Å². The van der Waals surface area contributed by atoms with Crippen LogP contribution in [0.1, 0.15) is 6.92 Å². The van der Waals surface area contributed by atoms with Crippen LogP contribution < -0.4 is 4.90 Å². The number of H-pyrrole nitrogens is 1. The van der Waals surface area contributed by atoms with Crippen LogP contribution in [0.2, 0.25) is 0 Å². The molecule has 0 amide bonds. The van der Waals surface area contributed by atoms with Crippen molar-refractivity contribution in [1.29, 1.82) is 5.26 Å². The molecule has 0 spiro atoms. The molecule has 10 nitrogen and oxygen atoms in total. The lowest BCUT2D eigenvalue weighted by Gasteiger charge is -2.35. The number of pyridine rings is 1. The zero-order chi connectivity index (χ0) is 20.7. The maximum atomic E-state index is 9.17. The molecule has 1 aliphatic rings. The summed E-state index contributed by atoms with van der Waals surface area (Å²) in [7, 11) is 1.93. The summed E-state index contributed by atoms with van der Waals surface area (Å²) in [4.78, 5) is 7.29. The SMILES string of the molecule is C[C@@H]1COCCN1c1cc(-c2ccnn2CC#N)nc2c(-c3ccn[nH]3)nn(C)c12. The number of hydrogen-bond donors (Lipinski definition) is 1. The van der Waals surface area contributed by atoms with Gasteiger partial charge in [0.05, 0.1) is 42.1 Å². The fourth-order valence-corrected chi connectivity index (χ4v) is 4.00. The summed E-state index contributed by atoms with van der Waals surface area (Å²) in [5, 5.41) is 25.3. The van der Waals surface area contributed by atoms with Crippen molar-refractivity contribution in [2.75, 3.05) is 24.7 Å². The number of rotatable bonds is 4. The number of aromatic nitrogens is 7. The number of nitriles is 1. The molecule has 0 bridgehead atoms. The van der Waals surface area contributed by atoms with Gasteiger partial charge in [-0.15, -0.1) is 0 Å². The lowest BCUT2D eigenvalue weighted by Crippen LogP contribution is -2.44. The van der Waals surface area contributed by atoms with Gasteiger partial charge in [0.15, 0.2) is 0 Å². The molecule has 10 heteroatoms. The lowest BCUT2D eigenvalue weighted by atomic mass is 10.1. The summed E-state index contributed by atoms with van der Waals surface area (Å²) in [6, 6.07) is 8.20. The van der Waals surface area contributed by atoms with E-state index in [9.17, 15) is 0 Å². The minimum atomic E-state index is 0.159. The quantitative estimate of drug-likeness (QED) is 0.554. The Morgan fingerprint density at radius 1 is 1.33 bits per heavy atom. The van der Waals surface area contributed by atoms with Crippen molar-refractivity contribution in [1.82, 2.24) is 34.7 Å². The Morgan fingerprint density at radius 2 is 2.23 bits per heavy atom. The number of ether oxygens (including phenoxy) is 1. The largest absolute Gasteiger partial charge is 0.377 e. The van der Waals surface area contributed by atoms with Crippen LogP contribution in [0.25, 0.3) is 33.8 Å². The second-order valence-electron chi connectivity index (χ2n) is 7.32. The monoisotopic (exact) mass is 403 g/mol. The molecule has 1 fully saturated rings. The molecule has 0 radical (unpaired) electrons. The van der Waals surface area contributed by atoms with E-state index in [1.165, 1.54) is 0 Å². The maximum absolute atomic E-state index is 9.17. The summed E-state index contributed by atoms with van der Waals surface area (Å²) in [6.07, 6.45) is 3.39. The van der Waals surface area contributed by atoms with Gasteiger partial charge in [-0.3, -0.25) is 9.78 Å². The lowest BCUT2D eigenvalue weighted by molar-refractivity contribution is 0.0990. The van der Waals surface area contributed by atoms with E-state index in [1.807, 2.05) is 23.9 Å². The number of fused-ring (bicyclic) bond motifs is 1. The van der Waals surface area contributed by atoms with Crippen molar-refractivity contribution in [3.05, 3.63) is 30.6 Å². The second kappa shape index (κ2) is 7.27. The van der Waals surface area contributed by atoms with E-state index in [0.717, 1.165) is 46.0 Å². The predicted molar refractivity (Wildman–Crippen MR) is 111 cm³/mol. The Kier molecular flexibility index (Phi) is 4.44. The van der Waals surface area contributed by atoms with Gasteiger partial charge in [-0.25, -0.2) is 9.67 Å². The number of aromatic amines is 1. The standard InChI is InChI=1S/C20H21N9O/c1-13-12-30-10-9-28(13)17-11-15(16-4-7-23-29(16)8-5-21)24-19-18(14-3-6-22-25-14)26-27(2)20(17)19/h3-4,6-7,11,13H,8-10,12H2,1-2H3,(H,22,25)/t13-/m1/s1. The molecular weight excluding hydrogens is 382 g/mol. The fourth-order valence-electron chi connectivity index (χ4n) is 4.00. The average Bonchev–Trinajstić information content (AvgIpc) is 3.49. The highest BCUT2D eigenvalue weighted by atomic mass is 16.5. The molecule has 1 saturated heterocycles. The molecule has 1 atom stereocenters. The topological polar surface area (TPSA) is 113 Å². The van der Waals surface area contributed by atoms with Crippen molar-refractivity contribution in [3.63, 3.8) is 0 Å². The van der Waals surface area contributed by atoms with Gasteiger partial charge in [-0.1, -0.05) is 0 Å². The number of anilines is 1. The van der Waals surface area contributed by atoms with E-state index < -0.39 is 0 Å². The van der Waals surface area contributed by atoms with Crippen molar-refractivity contribution in [3.8, 4) is 28.8 Å². The van der Waals surface area contributed by atoms with Crippen molar-refractivity contribution < 1.29 is 4.74 Å². The Labute approximate surface area is 172 Å². The molecule has 5 heterocycles. The van der Waals surface area contributed by atoms with Gasteiger partial charge in [-0.05, 0) is 25.1 Å². The maximum Gasteiger partial charge on any atom is 0.136 e. The first-order chi connectivity index (χ1) is 14.7. The molecule has 0 aromatic carbocycles. The molecule has 152 valence electrons. The highest BCUT2D eigenvalue weighted by molar-refractivity contribution is 5.98. The van der Waals surface area contributed by atoms with Gasteiger partial charge >= 0.3 is 0 Å². The Hall–Kier alpha value is -3.71. The van der Waals surface area contributed by atoms with Crippen LogP contribution in [-0.4, -0.2) is 60.5 Å². The van der Waals surface area contributed by atoms with Crippen LogP contribution >= 0.6 is 0 Å². The molecular formula is C20H21N9O. The van der Waals surface area contributed by atoms with E-state index in [1.54, 1.807) is 17.1 Å². The molecule has 4 aromatic heterocycles. The summed E-state index contributed by atoms with van der Waals surface area (Å²) in [5.41, 5.74) is 5.84. The molecule has 1 aliphatic heterocycles. The summed E-state index contributed by atoms with van der Waals surface area (Å²) in [6.45, 7) is 4.42. The minimum absolute atomic E-state index is 0.159. The Bertz CT molecular complexity index is 1230. The van der Waals surface area contributed by atoms with Crippen LogP contribution in [0.3, 0.4) is 0 Å². The van der Waals surface area contributed by atoms with Gasteiger partial charge in [-0.2, -0.15) is 20.6 Å². The minimum Gasteiger partial charge on any atom is -0.377 e. The van der Waals surface area contributed by atoms with Crippen LogP contribution in [0, 0.1) is 11.3 Å². The van der Waals surface area contributed by atoms with E-state index in [-0.39, 0.29) is 12.6 Å². The number of nitrogens with zero attached hydrogens (tertiary/aromatic N) is 8. The van der Waals surface area contributed by atoms with E-state index >= 15 is 0 Å². The van der Waals surface area contributed by atoms with Gasteiger partial charge < -0.3 is 9.64 Å². The van der Waals surface area contributed by atoms with Gasteiger partial charge in [0.25, 0.3) is 0 Å². The molecule has 30 heavy (non-hydrogen) atoms. The highest BCUT2D eigenvalue weighted by Gasteiger charge is 2.26. The third kappa shape index (κ3) is 2.91. The smallest absolute Gasteiger partial charge is 0.136 e. The zero-order valence-electron chi connectivity index (χ0n) is 16.8. The third-order valence-corrected chi connectivity index (χ3v) is 5.40. The fraction of sp³-hybridized carbons (Fsp3) is 0.350. The number of morpholine rings is 1. The normalized spacial score (nSPS) is 16.8. The van der Waals surface area contributed by atoms with Gasteiger partial charge in [0.1, 0.15) is 23.3 Å². The summed E-state index contributed by atoms with van der Waals surface area (Å²) in [5.74, 6) is 0. The first kappa shape index (κ1) is 18.3. The molecule has 0 unspecified atom stereocenters. The summed E-state index contributed by atoms with van der Waals surface area (Å²) < 4.78 is 9.18. The number of hydrogen-bond acceptors (Lipinski definition) is 7. The average molecular weight is 403 g/mol. The molecule has 4 aromatic rings. The Morgan fingerprint density at radius 3 is 3.00 bits per heavy atom. The predicted octanol–water partition coefficient (Wildman–Crippen LogP) is 1.97. The van der Waals surface area contributed by atoms with Crippen molar-refractivity contribution in [2.45, 2.75) is 19.5 Å². The molecule has 1 N–H and O–H groups in total. The Balaban J connectivity index is 1.78. The number of nitrogens with one attached hydrogen (secondary N) is 1. The molecule has 0 saturated carbocycles. The number of aryl methyl sites for hydroxylation is 1. The zero-order valence-corrected chi connectivity index (χ0v) is 16.8. The van der Waals surface area contributed by atoms with Crippen molar-refractivity contribution >= 4 is 16.7 Å². The first-order valence-corrected chi connectivity index (χ1v) is 9.78.